The van der Waals surface area contributed by atoms with Gasteiger partial charge in [-0.05, 0) is 37.4 Å². The maximum Gasteiger partial charge on any atom is 0.246 e. The van der Waals surface area contributed by atoms with Gasteiger partial charge in [-0.1, -0.05) is 37.3 Å². The minimum absolute atomic E-state index is 0.286. The highest BCUT2D eigenvalue weighted by molar-refractivity contribution is 7.89. The van der Waals surface area contributed by atoms with Crippen molar-refractivity contribution in [3.05, 3.63) is 48.3 Å². The van der Waals surface area contributed by atoms with Gasteiger partial charge in [-0.25, -0.2) is 8.42 Å². The van der Waals surface area contributed by atoms with E-state index in [9.17, 15) is 8.42 Å². The molecule has 1 aliphatic rings. The van der Waals surface area contributed by atoms with E-state index >= 15 is 0 Å². The standard InChI is InChI=1S/C18H26N4O2S/c1-2-19-12-16-8-10-22(11-9-16)25(23,24)18-13-20-21(15-18)14-17-6-4-3-5-7-17/h3-7,13,15-16,19H,2,8-12,14H2,1H3. The Balaban J connectivity index is 1.63. The quantitative estimate of drug-likeness (QED) is 0.817. The van der Waals surface area contributed by atoms with Gasteiger partial charge in [0.2, 0.25) is 10.0 Å². The van der Waals surface area contributed by atoms with E-state index in [-0.39, 0.29) is 4.90 Å². The molecule has 0 bridgehead atoms. The highest BCUT2D eigenvalue weighted by Gasteiger charge is 2.30. The number of sulfonamides is 1. The molecule has 1 aromatic heterocycles. The third kappa shape index (κ3) is 4.48. The van der Waals surface area contributed by atoms with Crippen LogP contribution in [0.3, 0.4) is 0 Å². The van der Waals surface area contributed by atoms with Crippen molar-refractivity contribution in [2.45, 2.75) is 31.2 Å². The highest BCUT2D eigenvalue weighted by atomic mass is 32.2. The van der Waals surface area contributed by atoms with Crippen LogP contribution in [0.15, 0.2) is 47.6 Å². The highest BCUT2D eigenvalue weighted by Crippen LogP contribution is 2.23. The summed E-state index contributed by atoms with van der Waals surface area (Å²) in [6.07, 6.45) is 4.91. The minimum atomic E-state index is -3.45. The molecule has 3 rings (SSSR count). The Bertz CT molecular complexity index is 765. The van der Waals surface area contributed by atoms with Crippen LogP contribution in [0.25, 0.3) is 0 Å². The molecule has 0 spiro atoms. The van der Waals surface area contributed by atoms with Crippen molar-refractivity contribution in [2.75, 3.05) is 26.2 Å². The van der Waals surface area contributed by atoms with Crippen molar-refractivity contribution in [3.8, 4) is 0 Å². The van der Waals surface area contributed by atoms with Crippen LogP contribution in [-0.2, 0) is 16.6 Å². The number of nitrogens with one attached hydrogen (secondary N) is 1. The molecule has 0 saturated carbocycles. The van der Waals surface area contributed by atoms with E-state index < -0.39 is 10.0 Å². The Morgan fingerprint density at radius 1 is 1.20 bits per heavy atom. The third-order valence-corrected chi connectivity index (χ3v) is 6.54. The van der Waals surface area contributed by atoms with E-state index in [0.717, 1.165) is 31.5 Å². The second-order valence-corrected chi connectivity index (χ2v) is 8.45. The lowest BCUT2D eigenvalue weighted by Gasteiger charge is -2.30. The van der Waals surface area contributed by atoms with Crippen molar-refractivity contribution in [1.82, 2.24) is 19.4 Å². The molecule has 0 aliphatic carbocycles. The molecule has 1 N–H and O–H groups in total. The molecule has 136 valence electrons. The van der Waals surface area contributed by atoms with Crippen LogP contribution in [0.5, 0.6) is 0 Å². The summed E-state index contributed by atoms with van der Waals surface area (Å²) in [4.78, 5) is 0.286. The summed E-state index contributed by atoms with van der Waals surface area (Å²) >= 11 is 0. The van der Waals surface area contributed by atoms with E-state index in [2.05, 4.69) is 17.3 Å². The van der Waals surface area contributed by atoms with Gasteiger partial charge < -0.3 is 5.32 Å². The van der Waals surface area contributed by atoms with Gasteiger partial charge in [-0.3, -0.25) is 4.68 Å². The largest absolute Gasteiger partial charge is 0.317 e. The fourth-order valence-electron chi connectivity index (χ4n) is 3.19. The molecule has 25 heavy (non-hydrogen) atoms. The van der Waals surface area contributed by atoms with E-state index in [4.69, 9.17) is 0 Å². The Hall–Kier alpha value is -1.70. The van der Waals surface area contributed by atoms with Crippen LogP contribution in [-0.4, -0.2) is 48.7 Å². The van der Waals surface area contributed by atoms with Gasteiger partial charge in [0.1, 0.15) is 4.90 Å². The molecule has 1 aliphatic heterocycles. The molecule has 2 aromatic rings. The summed E-state index contributed by atoms with van der Waals surface area (Å²) < 4.78 is 28.9. The molecular weight excluding hydrogens is 336 g/mol. The maximum absolute atomic E-state index is 12.8. The van der Waals surface area contributed by atoms with E-state index in [1.54, 1.807) is 15.2 Å². The summed E-state index contributed by atoms with van der Waals surface area (Å²) in [5, 5.41) is 7.58. The predicted molar refractivity (Wildman–Crippen MR) is 97.8 cm³/mol. The Morgan fingerprint density at radius 2 is 1.92 bits per heavy atom. The fourth-order valence-corrected chi connectivity index (χ4v) is 4.61. The third-order valence-electron chi connectivity index (χ3n) is 4.69. The number of rotatable bonds is 7. The summed E-state index contributed by atoms with van der Waals surface area (Å²) in [5.74, 6) is 0.562. The number of hydrogen-bond donors (Lipinski definition) is 1. The van der Waals surface area contributed by atoms with Gasteiger partial charge in [-0.2, -0.15) is 9.40 Å². The molecule has 0 amide bonds. The first-order valence-electron chi connectivity index (χ1n) is 8.87. The molecule has 0 unspecified atom stereocenters. The number of benzene rings is 1. The zero-order valence-electron chi connectivity index (χ0n) is 14.6. The Morgan fingerprint density at radius 3 is 2.60 bits per heavy atom. The van der Waals surface area contributed by atoms with Gasteiger partial charge in [-0.15, -0.1) is 0 Å². The zero-order valence-corrected chi connectivity index (χ0v) is 15.5. The van der Waals surface area contributed by atoms with Crippen molar-refractivity contribution in [3.63, 3.8) is 0 Å². The van der Waals surface area contributed by atoms with Crippen LogP contribution >= 0.6 is 0 Å². The molecule has 0 atom stereocenters. The van der Waals surface area contributed by atoms with Crippen LogP contribution in [0.4, 0.5) is 0 Å². The molecule has 1 fully saturated rings. The first kappa shape index (κ1) is 18.1. The van der Waals surface area contributed by atoms with Gasteiger partial charge in [0, 0.05) is 19.3 Å². The van der Waals surface area contributed by atoms with Crippen molar-refractivity contribution < 1.29 is 8.42 Å². The first-order chi connectivity index (χ1) is 12.1. The lowest BCUT2D eigenvalue weighted by Crippen LogP contribution is -2.40. The van der Waals surface area contributed by atoms with E-state index in [0.29, 0.717) is 25.6 Å². The monoisotopic (exact) mass is 362 g/mol. The Labute approximate surface area is 149 Å². The fraction of sp³-hybridized carbons (Fsp3) is 0.500. The summed E-state index contributed by atoms with van der Waals surface area (Å²) in [6.45, 7) is 5.76. The lowest BCUT2D eigenvalue weighted by molar-refractivity contribution is 0.268. The second-order valence-electron chi connectivity index (χ2n) is 6.51. The zero-order chi connectivity index (χ0) is 17.7. The van der Waals surface area contributed by atoms with Crippen LogP contribution in [0.1, 0.15) is 25.3 Å². The smallest absolute Gasteiger partial charge is 0.246 e. The van der Waals surface area contributed by atoms with Crippen LogP contribution < -0.4 is 5.32 Å². The average molecular weight is 362 g/mol. The van der Waals surface area contributed by atoms with Crippen LogP contribution in [0.2, 0.25) is 0 Å². The van der Waals surface area contributed by atoms with Gasteiger partial charge in [0.05, 0.1) is 12.7 Å². The molecular formula is C18H26N4O2S. The molecule has 6 nitrogen and oxygen atoms in total. The summed E-state index contributed by atoms with van der Waals surface area (Å²) in [6, 6.07) is 9.90. The molecule has 7 heteroatoms. The maximum atomic E-state index is 12.8. The number of piperidine rings is 1. The van der Waals surface area contributed by atoms with Gasteiger partial charge in [0.15, 0.2) is 0 Å². The van der Waals surface area contributed by atoms with Gasteiger partial charge in [0.25, 0.3) is 0 Å². The second kappa shape index (κ2) is 8.12. The lowest BCUT2D eigenvalue weighted by atomic mass is 9.98. The summed E-state index contributed by atoms with van der Waals surface area (Å²) in [5.41, 5.74) is 1.10. The minimum Gasteiger partial charge on any atom is -0.317 e. The van der Waals surface area contributed by atoms with Crippen LogP contribution in [0, 0.1) is 5.92 Å². The van der Waals surface area contributed by atoms with Gasteiger partial charge >= 0.3 is 0 Å². The summed E-state index contributed by atoms with van der Waals surface area (Å²) in [7, 11) is -3.45. The SMILES string of the molecule is CCNCC1CCN(S(=O)(=O)c2cnn(Cc3ccccc3)c2)CC1. The Kier molecular flexibility index (Phi) is 5.88. The van der Waals surface area contributed by atoms with Crippen molar-refractivity contribution >= 4 is 10.0 Å². The topological polar surface area (TPSA) is 67.2 Å². The molecule has 2 heterocycles. The number of nitrogens with zero attached hydrogens (tertiary/aromatic N) is 3. The first-order valence-corrected chi connectivity index (χ1v) is 10.3. The van der Waals surface area contributed by atoms with Crippen molar-refractivity contribution in [1.29, 1.82) is 0 Å². The predicted octanol–water partition coefficient (Wildman–Crippen LogP) is 1.94. The van der Waals surface area contributed by atoms with Crippen molar-refractivity contribution in [2.24, 2.45) is 5.92 Å². The number of hydrogen-bond acceptors (Lipinski definition) is 4. The normalized spacial score (nSPS) is 17.0. The van der Waals surface area contributed by atoms with E-state index in [1.807, 2.05) is 30.3 Å². The molecule has 1 aromatic carbocycles. The molecule has 0 radical (unpaired) electrons. The number of aromatic nitrogens is 2. The molecule has 1 saturated heterocycles. The average Bonchev–Trinajstić information content (AvgIpc) is 3.10. The van der Waals surface area contributed by atoms with E-state index in [1.165, 1.54) is 6.20 Å².